The van der Waals surface area contributed by atoms with E-state index in [1.807, 2.05) is 0 Å². The largest absolute Gasteiger partial charge is 0.492 e. The molecule has 1 N–H and O–H groups in total. The summed E-state index contributed by atoms with van der Waals surface area (Å²) in [7, 11) is -7.08. The Labute approximate surface area is 180 Å². The van der Waals surface area contributed by atoms with Gasteiger partial charge in [0.25, 0.3) is 0 Å². The van der Waals surface area contributed by atoms with Crippen molar-refractivity contribution in [3.63, 3.8) is 0 Å². The molecule has 0 aliphatic carbocycles. The number of rotatable bonds is 8. The van der Waals surface area contributed by atoms with Crippen LogP contribution in [0.3, 0.4) is 0 Å². The SMILES string of the molecule is O=S(=O)(NCCOc1ccc(S(=O)(=O)N2CCCCC2)cc1)c1ccc(Br)cc1. The topological polar surface area (TPSA) is 92.8 Å². The monoisotopic (exact) mass is 502 g/mol. The van der Waals surface area contributed by atoms with Crippen LogP contribution < -0.4 is 9.46 Å². The minimum Gasteiger partial charge on any atom is -0.492 e. The van der Waals surface area contributed by atoms with Crippen molar-refractivity contribution in [2.45, 2.75) is 29.1 Å². The Morgan fingerprint density at radius 3 is 2.07 bits per heavy atom. The number of benzene rings is 2. The highest BCUT2D eigenvalue weighted by Crippen LogP contribution is 2.22. The second kappa shape index (κ2) is 9.57. The lowest BCUT2D eigenvalue weighted by Gasteiger charge is -2.25. The molecule has 0 spiro atoms. The number of nitrogens with one attached hydrogen (secondary N) is 1. The molecular formula is C19H23BrN2O5S2. The normalized spacial score (nSPS) is 15.9. The Morgan fingerprint density at radius 2 is 1.45 bits per heavy atom. The van der Waals surface area contributed by atoms with Crippen LogP contribution in [0.25, 0.3) is 0 Å². The first-order valence-corrected chi connectivity index (χ1v) is 13.0. The van der Waals surface area contributed by atoms with Crippen LogP contribution in [0.4, 0.5) is 0 Å². The fourth-order valence-electron chi connectivity index (χ4n) is 3.00. The zero-order valence-corrected chi connectivity index (χ0v) is 19.0. The Balaban J connectivity index is 1.52. The van der Waals surface area contributed by atoms with Gasteiger partial charge in [0.2, 0.25) is 20.0 Å². The third-order valence-electron chi connectivity index (χ3n) is 4.56. The van der Waals surface area contributed by atoms with Gasteiger partial charge in [-0.1, -0.05) is 22.4 Å². The minimum absolute atomic E-state index is 0.0895. The Morgan fingerprint density at radius 1 is 0.862 bits per heavy atom. The molecule has 1 aliphatic heterocycles. The molecule has 0 atom stereocenters. The van der Waals surface area contributed by atoms with Crippen molar-refractivity contribution in [2.75, 3.05) is 26.2 Å². The summed E-state index contributed by atoms with van der Waals surface area (Å²) >= 11 is 3.27. The standard InChI is InChI=1S/C19H23BrN2O5S2/c20-16-4-8-18(9-5-16)28(23,24)21-12-15-27-17-6-10-19(11-7-17)29(25,26)22-13-2-1-3-14-22/h4-11,21H,1-3,12-15H2. The highest BCUT2D eigenvalue weighted by Gasteiger charge is 2.25. The molecule has 2 aromatic carbocycles. The second-order valence-electron chi connectivity index (χ2n) is 6.64. The lowest BCUT2D eigenvalue weighted by atomic mass is 10.2. The van der Waals surface area contributed by atoms with Crippen molar-refractivity contribution in [3.8, 4) is 5.75 Å². The van der Waals surface area contributed by atoms with E-state index in [0.717, 1.165) is 23.7 Å². The van der Waals surface area contributed by atoms with Gasteiger partial charge in [0.05, 0.1) is 9.79 Å². The van der Waals surface area contributed by atoms with Crippen LogP contribution in [0.15, 0.2) is 62.8 Å². The maximum atomic E-state index is 12.6. The first-order valence-electron chi connectivity index (χ1n) is 9.27. The van der Waals surface area contributed by atoms with E-state index < -0.39 is 20.0 Å². The molecular weight excluding hydrogens is 480 g/mol. The molecule has 7 nitrogen and oxygen atoms in total. The maximum Gasteiger partial charge on any atom is 0.243 e. The molecule has 3 rings (SSSR count). The van der Waals surface area contributed by atoms with E-state index in [1.54, 1.807) is 24.3 Å². The zero-order chi connectivity index (χ0) is 20.9. The highest BCUT2D eigenvalue weighted by atomic mass is 79.9. The van der Waals surface area contributed by atoms with Gasteiger partial charge >= 0.3 is 0 Å². The number of hydrogen-bond acceptors (Lipinski definition) is 5. The average molecular weight is 503 g/mol. The van der Waals surface area contributed by atoms with Crippen molar-refractivity contribution >= 4 is 36.0 Å². The summed E-state index contributed by atoms with van der Waals surface area (Å²) in [5, 5.41) is 0. The Hall–Kier alpha value is -1.46. The van der Waals surface area contributed by atoms with Gasteiger partial charge in [0.1, 0.15) is 12.4 Å². The van der Waals surface area contributed by atoms with E-state index in [0.29, 0.717) is 18.8 Å². The van der Waals surface area contributed by atoms with Crippen LogP contribution in [-0.4, -0.2) is 47.4 Å². The molecule has 0 bridgehead atoms. The second-order valence-corrected chi connectivity index (χ2v) is 11.3. The molecule has 1 fully saturated rings. The van der Waals surface area contributed by atoms with E-state index >= 15 is 0 Å². The minimum atomic E-state index is -3.61. The number of piperidine rings is 1. The van der Waals surface area contributed by atoms with Crippen molar-refractivity contribution in [1.29, 1.82) is 0 Å². The summed E-state index contributed by atoms with van der Waals surface area (Å²) in [4.78, 5) is 0.413. The van der Waals surface area contributed by atoms with Gasteiger partial charge in [-0.05, 0) is 61.4 Å². The lowest BCUT2D eigenvalue weighted by Crippen LogP contribution is -2.35. The molecule has 158 valence electrons. The van der Waals surface area contributed by atoms with Crippen molar-refractivity contribution in [1.82, 2.24) is 9.03 Å². The molecule has 10 heteroatoms. The third-order valence-corrected chi connectivity index (χ3v) is 8.48. The predicted octanol–water partition coefficient (Wildman–Crippen LogP) is 2.98. The molecule has 1 heterocycles. The van der Waals surface area contributed by atoms with Crippen molar-refractivity contribution in [3.05, 3.63) is 53.0 Å². The molecule has 29 heavy (non-hydrogen) atoms. The summed E-state index contributed by atoms with van der Waals surface area (Å²) in [5.74, 6) is 0.477. The van der Waals surface area contributed by atoms with Crippen molar-refractivity contribution < 1.29 is 21.6 Å². The van der Waals surface area contributed by atoms with Gasteiger partial charge < -0.3 is 4.74 Å². The number of halogens is 1. The summed E-state index contributed by atoms with van der Waals surface area (Å²) in [6.45, 7) is 1.32. The Bertz CT molecular complexity index is 1020. The van der Waals surface area contributed by atoms with Crippen molar-refractivity contribution in [2.24, 2.45) is 0 Å². The molecule has 0 radical (unpaired) electrons. The summed E-state index contributed by atoms with van der Waals surface area (Å²) in [6.07, 6.45) is 2.83. The molecule has 0 unspecified atom stereocenters. The molecule has 1 saturated heterocycles. The van der Waals surface area contributed by atoms with Crippen LogP contribution in [0, 0.1) is 0 Å². The van der Waals surface area contributed by atoms with Crippen LogP contribution in [0.2, 0.25) is 0 Å². The van der Waals surface area contributed by atoms with Gasteiger partial charge in [0.15, 0.2) is 0 Å². The van der Waals surface area contributed by atoms with E-state index in [4.69, 9.17) is 4.74 Å². The summed E-state index contributed by atoms with van der Waals surface area (Å²) in [6, 6.07) is 12.5. The number of hydrogen-bond donors (Lipinski definition) is 1. The Kier molecular flexibility index (Phi) is 7.33. The van der Waals surface area contributed by atoms with Crippen LogP contribution >= 0.6 is 15.9 Å². The number of ether oxygens (including phenoxy) is 1. The fourth-order valence-corrected chi connectivity index (χ4v) is 5.80. The fraction of sp³-hybridized carbons (Fsp3) is 0.368. The van der Waals surface area contributed by atoms with Gasteiger partial charge in [-0.15, -0.1) is 0 Å². The predicted molar refractivity (Wildman–Crippen MR) is 114 cm³/mol. The number of nitrogens with zero attached hydrogens (tertiary/aromatic N) is 1. The molecule has 2 aromatic rings. The molecule has 0 amide bonds. The smallest absolute Gasteiger partial charge is 0.243 e. The van der Waals surface area contributed by atoms with E-state index in [-0.39, 0.29) is 22.9 Å². The first-order chi connectivity index (χ1) is 13.8. The van der Waals surface area contributed by atoms with E-state index in [1.165, 1.54) is 28.6 Å². The number of sulfonamides is 2. The van der Waals surface area contributed by atoms with Gasteiger partial charge in [0, 0.05) is 24.1 Å². The average Bonchev–Trinajstić information content (AvgIpc) is 2.72. The van der Waals surface area contributed by atoms with Gasteiger partial charge in [-0.2, -0.15) is 4.31 Å². The van der Waals surface area contributed by atoms with Gasteiger partial charge in [-0.3, -0.25) is 0 Å². The van der Waals surface area contributed by atoms with E-state index in [2.05, 4.69) is 20.7 Å². The summed E-state index contributed by atoms with van der Waals surface area (Å²) < 4.78 is 60.0. The molecule has 0 aromatic heterocycles. The quantitative estimate of drug-likeness (QED) is 0.560. The van der Waals surface area contributed by atoms with E-state index in [9.17, 15) is 16.8 Å². The molecule has 0 saturated carbocycles. The van der Waals surface area contributed by atoms with Crippen LogP contribution in [-0.2, 0) is 20.0 Å². The summed E-state index contributed by atoms with van der Waals surface area (Å²) in [5.41, 5.74) is 0. The first kappa shape index (κ1) is 22.2. The third kappa shape index (κ3) is 5.79. The van der Waals surface area contributed by atoms with Crippen LogP contribution in [0.1, 0.15) is 19.3 Å². The molecule has 1 aliphatic rings. The maximum absolute atomic E-state index is 12.6. The van der Waals surface area contributed by atoms with Gasteiger partial charge in [-0.25, -0.2) is 21.6 Å². The van der Waals surface area contributed by atoms with Crippen LogP contribution in [0.5, 0.6) is 5.75 Å². The highest BCUT2D eigenvalue weighted by molar-refractivity contribution is 9.10. The lowest BCUT2D eigenvalue weighted by molar-refractivity contribution is 0.322. The zero-order valence-electron chi connectivity index (χ0n) is 15.8.